The Balaban J connectivity index is 0. The molecule has 0 amide bonds. The van der Waals surface area contributed by atoms with Gasteiger partial charge >= 0.3 is 0 Å². The summed E-state index contributed by atoms with van der Waals surface area (Å²) in [4.78, 5) is 0. The first kappa shape index (κ1) is 15.0. The van der Waals surface area contributed by atoms with Crippen LogP contribution < -0.4 is 5.32 Å². The molecule has 1 N–H and O–H groups in total. The Labute approximate surface area is 88.4 Å². The smallest absolute Gasteiger partial charge is 0.0233 e. The quantitative estimate of drug-likeness (QED) is 0.547. The zero-order valence-electron chi connectivity index (χ0n) is 8.98. The molecule has 0 aliphatic rings. The predicted molar refractivity (Wildman–Crippen MR) is 62.2 cm³/mol. The largest absolute Gasteiger partial charge is 0.314 e. The minimum atomic E-state index is 0. The van der Waals surface area contributed by atoms with Crippen LogP contribution in [0.5, 0.6) is 0 Å². The molecule has 0 saturated carbocycles. The van der Waals surface area contributed by atoms with Gasteiger partial charge < -0.3 is 5.32 Å². The Morgan fingerprint density at radius 3 is 2.38 bits per heavy atom. The average molecular weight is 202 g/mol. The molecule has 0 atom stereocenters. The summed E-state index contributed by atoms with van der Waals surface area (Å²) in [5, 5.41) is 3.19. The Morgan fingerprint density at radius 2 is 1.92 bits per heavy atom. The van der Waals surface area contributed by atoms with Crippen LogP contribution in [0.3, 0.4) is 0 Å². The van der Waals surface area contributed by atoms with E-state index in [0.717, 1.165) is 13.1 Å². The number of likely N-dealkylation sites (N-methyl/N-ethyl adjacent to an activating group) is 1. The number of hydrogen-bond donors (Lipinski definition) is 1. The second-order valence-corrected chi connectivity index (χ2v) is 3.73. The second-order valence-electron chi connectivity index (χ2n) is 3.73. The highest BCUT2D eigenvalue weighted by molar-refractivity contribution is 5.85. The monoisotopic (exact) mass is 201 g/mol. The van der Waals surface area contributed by atoms with E-state index >= 15 is 0 Å². The second kappa shape index (κ2) is 8.16. The highest BCUT2D eigenvalue weighted by Gasteiger charge is 2.01. The van der Waals surface area contributed by atoms with E-state index in [1.54, 1.807) is 0 Å². The van der Waals surface area contributed by atoms with Crippen molar-refractivity contribution in [1.82, 2.24) is 5.32 Å². The summed E-state index contributed by atoms with van der Waals surface area (Å²) in [6, 6.07) is 0. The van der Waals surface area contributed by atoms with Crippen molar-refractivity contribution in [3.63, 3.8) is 0 Å². The molecule has 0 radical (unpaired) electrons. The number of nitrogens with one attached hydrogen (secondary N) is 1. The van der Waals surface area contributed by atoms with Crippen LogP contribution in [0, 0.1) is 17.3 Å². The molecule has 0 heterocycles. The molecule has 0 saturated heterocycles. The molecular weight excluding hydrogens is 182 g/mol. The molecule has 0 aromatic rings. The molecule has 0 unspecified atom stereocenters. The van der Waals surface area contributed by atoms with Gasteiger partial charge in [0.05, 0.1) is 0 Å². The van der Waals surface area contributed by atoms with Gasteiger partial charge in [0.2, 0.25) is 0 Å². The van der Waals surface area contributed by atoms with E-state index < -0.39 is 0 Å². The van der Waals surface area contributed by atoms with Crippen molar-refractivity contribution in [3.05, 3.63) is 12.2 Å². The summed E-state index contributed by atoms with van der Waals surface area (Å²) in [7, 11) is 0. The van der Waals surface area contributed by atoms with Crippen molar-refractivity contribution in [2.75, 3.05) is 13.1 Å². The predicted octanol–water partition coefficient (Wildman–Crippen LogP) is 2.62. The van der Waals surface area contributed by atoms with Crippen LogP contribution in [0.2, 0.25) is 0 Å². The molecule has 0 aromatic heterocycles. The van der Waals surface area contributed by atoms with Crippen molar-refractivity contribution in [1.29, 1.82) is 0 Å². The normalized spacial score (nSPS) is 10.5. The minimum Gasteiger partial charge on any atom is -0.314 e. The fourth-order valence-electron chi connectivity index (χ4n) is 0.604. The fraction of sp³-hybridized carbons (Fsp3) is 0.636. The van der Waals surface area contributed by atoms with Crippen LogP contribution in [0.4, 0.5) is 0 Å². The van der Waals surface area contributed by atoms with E-state index in [1.807, 2.05) is 12.2 Å². The van der Waals surface area contributed by atoms with Gasteiger partial charge in [-0.25, -0.2) is 0 Å². The Kier molecular flexibility index (Phi) is 9.44. The zero-order chi connectivity index (χ0) is 9.45. The third kappa shape index (κ3) is 14.4. The highest BCUT2D eigenvalue weighted by atomic mass is 35.5. The average Bonchev–Trinajstić information content (AvgIpc) is 1.94. The van der Waals surface area contributed by atoms with Crippen molar-refractivity contribution >= 4 is 12.4 Å². The van der Waals surface area contributed by atoms with E-state index in [9.17, 15) is 0 Å². The van der Waals surface area contributed by atoms with Gasteiger partial charge in [0, 0.05) is 12.0 Å². The maximum Gasteiger partial charge on any atom is 0.0233 e. The summed E-state index contributed by atoms with van der Waals surface area (Å²) in [5.41, 5.74) is 0.114. The third-order valence-electron chi connectivity index (χ3n) is 1.16. The zero-order valence-corrected chi connectivity index (χ0v) is 9.79. The Bertz CT molecular complexity index is 190. The van der Waals surface area contributed by atoms with Gasteiger partial charge in [0.1, 0.15) is 0 Å². The topological polar surface area (TPSA) is 12.0 Å². The van der Waals surface area contributed by atoms with Gasteiger partial charge in [-0.05, 0) is 33.4 Å². The van der Waals surface area contributed by atoms with Crippen LogP contribution >= 0.6 is 12.4 Å². The van der Waals surface area contributed by atoms with E-state index in [1.165, 1.54) is 0 Å². The summed E-state index contributed by atoms with van der Waals surface area (Å²) in [6.07, 6.45) is 3.95. The maximum atomic E-state index is 3.19. The van der Waals surface area contributed by atoms with Crippen molar-refractivity contribution in [2.24, 2.45) is 5.41 Å². The summed E-state index contributed by atoms with van der Waals surface area (Å²) in [5.74, 6) is 6.15. The van der Waals surface area contributed by atoms with Crippen LogP contribution in [0.15, 0.2) is 12.2 Å². The number of hydrogen-bond acceptors (Lipinski definition) is 1. The first-order valence-corrected chi connectivity index (χ1v) is 4.44. The molecule has 0 bridgehead atoms. The SMILES string of the molecule is CCNCC=CC#CC(C)(C)C.Cl. The van der Waals surface area contributed by atoms with Crippen LogP contribution in [0.25, 0.3) is 0 Å². The molecule has 0 aromatic carbocycles. The molecule has 1 nitrogen and oxygen atoms in total. The Morgan fingerprint density at radius 1 is 1.31 bits per heavy atom. The molecule has 0 rings (SSSR count). The molecule has 0 aliphatic heterocycles. The van der Waals surface area contributed by atoms with Crippen molar-refractivity contribution in [2.45, 2.75) is 27.7 Å². The molecule has 0 fully saturated rings. The fourth-order valence-corrected chi connectivity index (χ4v) is 0.604. The van der Waals surface area contributed by atoms with Crippen LogP contribution in [-0.2, 0) is 0 Å². The van der Waals surface area contributed by atoms with Gasteiger partial charge in [-0.3, -0.25) is 0 Å². The number of rotatable bonds is 3. The molecular formula is C11H20ClN. The third-order valence-corrected chi connectivity index (χ3v) is 1.16. The van der Waals surface area contributed by atoms with E-state index in [0.29, 0.717) is 0 Å². The lowest BCUT2D eigenvalue weighted by atomic mass is 9.98. The maximum absolute atomic E-state index is 3.19. The summed E-state index contributed by atoms with van der Waals surface area (Å²) in [6.45, 7) is 10.3. The highest BCUT2D eigenvalue weighted by Crippen LogP contribution is 2.09. The van der Waals surface area contributed by atoms with Crippen molar-refractivity contribution in [3.8, 4) is 11.8 Å². The molecule has 0 spiro atoms. The van der Waals surface area contributed by atoms with E-state index in [2.05, 4.69) is 44.9 Å². The lowest BCUT2D eigenvalue weighted by Gasteiger charge is -2.05. The van der Waals surface area contributed by atoms with Gasteiger partial charge in [-0.1, -0.05) is 24.8 Å². The first-order valence-electron chi connectivity index (χ1n) is 4.44. The van der Waals surface area contributed by atoms with Crippen LogP contribution in [0.1, 0.15) is 27.7 Å². The van der Waals surface area contributed by atoms with Gasteiger partial charge in [0.25, 0.3) is 0 Å². The standard InChI is InChI=1S/C11H19N.ClH/c1-5-12-10-8-6-7-9-11(2,3)4;/h6,8,12H,5,10H2,1-4H3;1H. The molecule has 2 heteroatoms. The minimum absolute atomic E-state index is 0. The number of halogens is 1. The van der Waals surface area contributed by atoms with Crippen LogP contribution in [-0.4, -0.2) is 13.1 Å². The molecule has 13 heavy (non-hydrogen) atoms. The lowest BCUT2D eigenvalue weighted by Crippen LogP contribution is -2.11. The van der Waals surface area contributed by atoms with Gasteiger partial charge in [0.15, 0.2) is 0 Å². The van der Waals surface area contributed by atoms with Gasteiger partial charge in [-0.2, -0.15) is 0 Å². The summed E-state index contributed by atoms with van der Waals surface area (Å²) >= 11 is 0. The number of allylic oxidation sites excluding steroid dienone is 1. The molecule has 76 valence electrons. The van der Waals surface area contributed by atoms with E-state index in [-0.39, 0.29) is 17.8 Å². The summed E-state index contributed by atoms with van der Waals surface area (Å²) < 4.78 is 0. The Hall–Kier alpha value is -0.450. The van der Waals surface area contributed by atoms with E-state index in [4.69, 9.17) is 0 Å². The first-order chi connectivity index (χ1) is 5.56. The lowest BCUT2D eigenvalue weighted by molar-refractivity contribution is 0.571. The molecule has 0 aliphatic carbocycles. The van der Waals surface area contributed by atoms with Crippen molar-refractivity contribution < 1.29 is 0 Å². The van der Waals surface area contributed by atoms with Gasteiger partial charge in [-0.15, -0.1) is 12.4 Å².